The van der Waals surface area contributed by atoms with Crippen LogP contribution >= 0.6 is 0 Å². The Kier molecular flexibility index (Phi) is 30.8. The zero-order valence-electron chi connectivity index (χ0n) is 4.61. The Morgan fingerprint density at radius 1 is 1.50 bits per heavy atom. The Morgan fingerprint density at radius 3 is 2.12 bits per heavy atom. The molecule has 0 bridgehead atoms. The molecule has 0 fully saturated rings. The maximum atomic E-state index is 7.76. The van der Waals surface area contributed by atoms with Gasteiger partial charge in [0.2, 0.25) is 0 Å². The summed E-state index contributed by atoms with van der Waals surface area (Å²) in [4.78, 5) is 0. The summed E-state index contributed by atoms with van der Waals surface area (Å²) in [5.41, 5.74) is 4.64. The van der Waals surface area contributed by atoms with Crippen LogP contribution in [0.2, 0.25) is 0 Å². The fourth-order valence-corrected chi connectivity index (χ4v) is 0.0833. The van der Waals surface area contributed by atoms with E-state index >= 15 is 0 Å². The smallest absolute Gasteiger partial charge is 1.00 e. The van der Waals surface area contributed by atoms with Gasteiger partial charge in [-0.2, -0.15) is 5.26 Å². The van der Waals surface area contributed by atoms with Crippen LogP contribution in [0.5, 0.6) is 0 Å². The molecule has 0 aromatic heterocycles. The molecule has 0 atom stereocenters. The normalized spacial score (nSPS) is 2.88. The maximum absolute atomic E-state index is 7.76. The molecular weight excluding hydrogens is 133 g/mol. The van der Waals surface area contributed by atoms with Gasteiger partial charge < -0.3 is 12.4 Å². The van der Waals surface area contributed by atoms with Crippen molar-refractivity contribution in [2.24, 2.45) is 0 Å². The Bertz CT molecular complexity index is 146. The van der Waals surface area contributed by atoms with Gasteiger partial charge in [0.1, 0.15) is 6.07 Å². The first-order valence-corrected chi connectivity index (χ1v) is 1.40. The van der Waals surface area contributed by atoms with E-state index in [4.69, 9.17) is 5.26 Å². The maximum Gasteiger partial charge on any atom is 1.00 e. The molecule has 0 aromatic carbocycles. The van der Waals surface area contributed by atoms with Gasteiger partial charge in [0.15, 0.2) is 0 Å². The largest absolute Gasteiger partial charge is 1.00 e. The van der Waals surface area contributed by atoms with E-state index in [1.807, 2.05) is 0 Å². The van der Waals surface area contributed by atoms with Gasteiger partial charge in [-0.15, -0.1) is 0 Å². The van der Waals surface area contributed by atoms with Crippen molar-refractivity contribution in [2.75, 3.05) is 0 Å². The minimum Gasteiger partial charge on any atom is -1.00 e. The molecule has 0 spiro atoms. The molecule has 0 heterocycles. The van der Waals surface area contributed by atoms with Crippen LogP contribution in [-0.4, -0.2) is 0 Å². The molecule has 0 aliphatic carbocycles. The van der Waals surface area contributed by atoms with Crippen LogP contribution < -0.4 is 42.0 Å². The summed E-state index contributed by atoms with van der Waals surface area (Å²) >= 11 is 0. The van der Waals surface area contributed by atoms with E-state index in [1.165, 1.54) is 6.08 Å². The molecule has 0 rings (SSSR count). The third-order valence-electron chi connectivity index (χ3n) is 0.239. The number of rotatable bonds is 0. The van der Waals surface area contributed by atoms with E-state index < -0.39 is 0 Å². The summed E-state index contributed by atoms with van der Waals surface area (Å²) in [6.07, 6.45) is 1.19. The molecule has 0 unspecified atom stereocenters. The van der Waals surface area contributed by atoms with Crippen LogP contribution in [0.25, 0.3) is 0 Å². The number of allylic oxidation sites excluding steroid dienone is 1. The van der Waals surface area contributed by atoms with Gasteiger partial charge >= 0.3 is 29.6 Å². The van der Waals surface area contributed by atoms with Crippen molar-refractivity contribution in [3.8, 4) is 6.07 Å². The van der Waals surface area contributed by atoms with Gasteiger partial charge in [-0.05, 0) is 6.58 Å². The molecule has 0 aromatic rings. The summed E-state index contributed by atoms with van der Waals surface area (Å²) in [5.74, 6) is 0. The van der Waals surface area contributed by atoms with Crippen LogP contribution in [0.15, 0.2) is 24.1 Å². The number of hydrogen-bond acceptors (Lipinski definition) is 1. The van der Waals surface area contributed by atoms with Crippen LogP contribution in [0.3, 0.4) is 0 Å². The molecule has 1 nitrogen and oxygen atoms in total. The van der Waals surface area contributed by atoms with Gasteiger partial charge in [0.25, 0.3) is 0 Å². The SMILES string of the molecule is C=C=C=CC#N.[Cl-].[Na+]. The van der Waals surface area contributed by atoms with E-state index in [9.17, 15) is 0 Å². The molecular formula is C5H3ClNNa. The van der Waals surface area contributed by atoms with Crippen LogP contribution in [0.4, 0.5) is 0 Å². The van der Waals surface area contributed by atoms with Crippen molar-refractivity contribution in [3.63, 3.8) is 0 Å². The average molecular weight is 136 g/mol. The van der Waals surface area contributed by atoms with Gasteiger partial charge in [0.05, 0.1) is 6.08 Å². The average Bonchev–Trinajstić information content (AvgIpc) is 1.61. The Hall–Kier alpha value is 0.0800. The molecule has 8 heavy (non-hydrogen) atoms. The Labute approximate surface area is 77.1 Å². The number of nitriles is 1. The number of halogens is 1. The third-order valence-corrected chi connectivity index (χ3v) is 0.239. The molecule has 0 radical (unpaired) electrons. The second kappa shape index (κ2) is 15.7. The van der Waals surface area contributed by atoms with Crippen LogP contribution in [-0.2, 0) is 0 Å². The van der Waals surface area contributed by atoms with Crippen molar-refractivity contribution >= 4 is 0 Å². The summed E-state index contributed by atoms with van der Waals surface area (Å²) in [5, 5.41) is 7.76. The van der Waals surface area contributed by atoms with Crippen molar-refractivity contribution in [2.45, 2.75) is 0 Å². The molecule has 0 aliphatic rings. The zero-order valence-corrected chi connectivity index (χ0v) is 7.37. The second-order valence-corrected chi connectivity index (χ2v) is 0.595. The summed E-state index contributed by atoms with van der Waals surface area (Å²) < 4.78 is 0. The Balaban J connectivity index is -0.000000125. The minimum atomic E-state index is 0. The van der Waals surface area contributed by atoms with E-state index in [-0.39, 0.29) is 42.0 Å². The van der Waals surface area contributed by atoms with Crippen molar-refractivity contribution < 1.29 is 42.0 Å². The fourth-order valence-electron chi connectivity index (χ4n) is 0.0833. The quantitative estimate of drug-likeness (QED) is 0.185. The molecule has 0 N–H and O–H groups in total. The van der Waals surface area contributed by atoms with Crippen molar-refractivity contribution in [1.82, 2.24) is 0 Å². The fraction of sp³-hybridized carbons (Fsp3) is 0. The standard InChI is InChI=1S/C5H3N.ClH.Na/c1-2-3-4-5-6;;/h4H,1H2;1H;/q;;+1/p-1. The Morgan fingerprint density at radius 2 is 2.00 bits per heavy atom. The first kappa shape index (κ1) is 15.7. The van der Waals surface area contributed by atoms with E-state index in [0.717, 1.165) is 0 Å². The molecule has 0 saturated heterocycles. The number of nitrogens with zero attached hydrogens (tertiary/aromatic N) is 1. The third kappa shape index (κ3) is 16.5. The predicted molar refractivity (Wildman–Crippen MR) is 22.8 cm³/mol. The minimum absolute atomic E-state index is 0. The van der Waals surface area contributed by atoms with Crippen LogP contribution in [0, 0.1) is 11.3 Å². The molecule has 36 valence electrons. The monoisotopic (exact) mass is 135 g/mol. The van der Waals surface area contributed by atoms with E-state index in [1.54, 1.807) is 6.07 Å². The van der Waals surface area contributed by atoms with Gasteiger partial charge in [-0.3, -0.25) is 0 Å². The van der Waals surface area contributed by atoms with Gasteiger partial charge in [-0.1, -0.05) is 11.5 Å². The van der Waals surface area contributed by atoms with E-state index in [2.05, 4.69) is 18.0 Å². The topological polar surface area (TPSA) is 23.8 Å². The molecule has 0 saturated carbocycles. The first-order chi connectivity index (χ1) is 2.91. The van der Waals surface area contributed by atoms with Crippen molar-refractivity contribution in [3.05, 3.63) is 24.1 Å². The summed E-state index contributed by atoms with van der Waals surface area (Å²) in [6.45, 7) is 3.18. The van der Waals surface area contributed by atoms with Gasteiger partial charge in [-0.25, -0.2) is 0 Å². The van der Waals surface area contributed by atoms with Crippen molar-refractivity contribution in [1.29, 1.82) is 5.26 Å². The molecule has 0 amide bonds. The first-order valence-electron chi connectivity index (χ1n) is 1.40. The molecule has 3 heteroatoms. The summed E-state index contributed by atoms with van der Waals surface area (Å²) in [7, 11) is 0. The zero-order chi connectivity index (χ0) is 4.83. The van der Waals surface area contributed by atoms with Crippen LogP contribution in [0.1, 0.15) is 0 Å². The molecule has 0 aliphatic heterocycles. The summed E-state index contributed by atoms with van der Waals surface area (Å²) in [6, 6.07) is 1.73. The van der Waals surface area contributed by atoms with Gasteiger partial charge in [0, 0.05) is 0 Å². The number of hydrogen-bond donors (Lipinski definition) is 0. The predicted octanol–water partition coefficient (Wildman–Crippen LogP) is -4.99. The second-order valence-electron chi connectivity index (χ2n) is 0.595. The van der Waals surface area contributed by atoms with E-state index in [0.29, 0.717) is 0 Å².